The van der Waals surface area contributed by atoms with Gasteiger partial charge >= 0.3 is 5.97 Å². The minimum absolute atomic E-state index is 0.0541. The third kappa shape index (κ3) is 4.09. The zero-order valence-corrected chi connectivity index (χ0v) is 17.8. The van der Waals surface area contributed by atoms with Gasteiger partial charge in [-0.2, -0.15) is 0 Å². The van der Waals surface area contributed by atoms with Crippen molar-refractivity contribution in [2.24, 2.45) is 5.92 Å². The Kier molecular flexibility index (Phi) is 6.11. The Hall–Kier alpha value is -3.09. The van der Waals surface area contributed by atoms with Crippen molar-refractivity contribution < 1.29 is 24.2 Å². The van der Waals surface area contributed by atoms with Gasteiger partial charge in [0.1, 0.15) is 11.8 Å². The topological polar surface area (TPSA) is 87.2 Å². The molecule has 0 radical (unpaired) electrons. The first-order chi connectivity index (χ1) is 15.0. The van der Waals surface area contributed by atoms with E-state index in [4.69, 9.17) is 4.74 Å². The van der Waals surface area contributed by atoms with Crippen molar-refractivity contribution in [2.75, 3.05) is 26.2 Å². The number of esters is 1. The minimum atomic E-state index is -0.570. The quantitative estimate of drug-likeness (QED) is 0.763. The number of aromatic hydroxyl groups is 1. The number of hydrogen-bond donors (Lipinski definition) is 1. The molecular formula is C24H28N2O5. The number of fused-ring (bicyclic) bond motifs is 1. The number of amides is 2. The summed E-state index contributed by atoms with van der Waals surface area (Å²) >= 11 is 0. The van der Waals surface area contributed by atoms with Crippen LogP contribution in [0.1, 0.15) is 43.0 Å². The van der Waals surface area contributed by atoms with Crippen molar-refractivity contribution in [3.63, 3.8) is 0 Å². The van der Waals surface area contributed by atoms with Crippen molar-refractivity contribution in [3.8, 4) is 5.75 Å². The molecule has 2 aliphatic rings. The van der Waals surface area contributed by atoms with E-state index in [2.05, 4.69) is 0 Å². The highest BCUT2D eigenvalue weighted by Crippen LogP contribution is 2.32. The maximum Gasteiger partial charge on any atom is 0.310 e. The maximum atomic E-state index is 13.3. The molecule has 2 aromatic carbocycles. The van der Waals surface area contributed by atoms with Crippen LogP contribution in [-0.4, -0.2) is 65.0 Å². The van der Waals surface area contributed by atoms with E-state index in [1.54, 1.807) is 28.9 Å². The Morgan fingerprint density at radius 2 is 1.84 bits per heavy atom. The molecule has 7 heteroatoms. The number of rotatable bonds is 4. The summed E-state index contributed by atoms with van der Waals surface area (Å²) in [5.74, 6) is -1.09. The molecule has 2 aliphatic heterocycles. The smallest absolute Gasteiger partial charge is 0.310 e. The number of nitrogens with zero attached hydrogens (tertiary/aromatic N) is 2. The predicted molar refractivity (Wildman–Crippen MR) is 116 cm³/mol. The van der Waals surface area contributed by atoms with E-state index in [-0.39, 0.29) is 35.0 Å². The number of phenolic OH excluding ortho intramolecular Hbond substituents is 1. The van der Waals surface area contributed by atoms with Gasteiger partial charge in [0.2, 0.25) is 5.91 Å². The molecule has 0 aliphatic carbocycles. The van der Waals surface area contributed by atoms with Gasteiger partial charge in [0.25, 0.3) is 5.91 Å². The second-order valence-electron chi connectivity index (χ2n) is 8.21. The molecule has 31 heavy (non-hydrogen) atoms. The molecule has 2 amide bonds. The van der Waals surface area contributed by atoms with Gasteiger partial charge in [-0.15, -0.1) is 0 Å². The van der Waals surface area contributed by atoms with Crippen LogP contribution in [0.25, 0.3) is 10.8 Å². The molecule has 2 heterocycles. The summed E-state index contributed by atoms with van der Waals surface area (Å²) in [6, 6.07) is 10.2. The van der Waals surface area contributed by atoms with Gasteiger partial charge in [0, 0.05) is 25.0 Å². The summed E-state index contributed by atoms with van der Waals surface area (Å²) in [5.41, 5.74) is 0.210. The Labute approximate surface area is 181 Å². The number of hydrogen-bond acceptors (Lipinski definition) is 5. The van der Waals surface area contributed by atoms with Gasteiger partial charge in [-0.3, -0.25) is 14.4 Å². The Balaban J connectivity index is 1.52. The van der Waals surface area contributed by atoms with Crippen molar-refractivity contribution in [2.45, 2.75) is 38.6 Å². The van der Waals surface area contributed by atoms with Crippen LogP contribution in [0, 0.1) is 5.92 Å². The van der Waals surface area contributed by atoms with Crippen LogP contribution < -0.4 is 0 Å². The van der Waals surface area contributed by atoms with Crippen LogP contribution in [0.3, 0.4) is 0 Å². The monoisotopic (exact) mass is 424 g/mol. The third-order valence-electron chi connectivity index (χ3n) is 6.28. The summed E-state index contributed by atoms with van der Waals surface area (Å²) < 4.78 is 5.13. The molecule has 2 aromatic rings. The van der Waals surface area contributed by atoms with Gasteiger partial charge in [-0.1, -0.05) is 30.3 Å². The van der Waals surface area contributed by atoms with Crippen molar-refractivity contribution in [3.05, 3.63) is 42.0 Å². The molecule has 2 unspecified atom stereocenters. The Morgan fingerprint density at radius 3 is 2.65 bits per heavy atom. The molecule has 0 saturated carbocycles. The van der Waals surface area contributed by atoms with Gasteiger partial charge in [0.05, 0.1) is 18.1 Å². The van der Waals surface area contributed by atoms with Crippen LogP contribution in [-0.2, 0) is 14.3 Å². The molecule has 7 nitrogen and oxygen atoms in total. The number of benzene rings is 2. The molecular weight excluding hydrogens is 396 g/mol. The summed E-state index contributed by atoms with van der Waals surface area (Å²) in [4.78, 5) is 42.0. The number of carbonyl (C=O) groups excluding carboxylic acids is 3. The van der Waals surface area contributed by atoms with Crippen LogP contribution in [0.2, 0.25) is 0 Å². The van der Waals surface area contributed by atoms with Gasteiger partial charge < -0.3 is 19.6 Å². The highest BCUT2D eigenvalue weighted by molar-refractivity contribution is 6.05. The van der Waals surface area contributed by atoms with Crippen molar-refractivity contribution in [1.29, 1.82) is 0 Å². The summed E-state index contributed by atoms with van der Waals surface area (Å²) in [7, 11) is 0. The molecule has 0 aromatic heterocycles. The number of likely N-dealkylation sites (tertiary alicyclic amines) is 2. The van der Waals surface area contributed by atoms with Crippen molar-refractivity contribution >= 4 is 28.6 Å². The average molecular weight is 424 g/mol. The number of phenols is 1. The van der Waals surface area contributed by atoms with Crippen LogP contribution in [0.4, 0.5) is 0 Å². The van der Waals surface area contributed by atoms with E-state index in [9.17, 15) is 19.5 Å². The van der Waals surface area contributed by atoms with Crippen LogP contribution >= 0.6 is 0 Å². The summed E-state index contributed by atoms with van der Waals surface area (Å²) in [6.07, 6.45) is 2.76. The van der Waals surface area contributed by atoms with E-state index >= 15 is 0 Å². The lowest BCUT2D eigenvalue weighted by Crippen LogP contribution is -2.51. The number of carbonyl (C=O) groups is 3. The first kappa shape index (κ1) is 21.2. The first-order valence-electron chi connectivity index (χ1n) is 11.0. The zero-order chi connectivity index (χ0) is 22.0. The fourth-order valence-corrected chi connectivity index (χ4v) is 4.69. The SMILES string of the molecule is CCOC(=O)C1CCCN(C(=O)C2CCCN2C(=O)c2ccc3ccccc3c2O)C1. The molecule has 4 rings (SSSR count). The van der Waals surface area contributed by atoms with E-state index in [0.717, 1.165) is 18.2 Å². The fraction of sp³-hybridized carbons (Fsp3) is 0.458. The predicted octanol–water partition coefficient (Wildman–Crippen LogP) is 2.95. The van der Waals surface area contributed by atoms with Crippen molar-refractivity contribution in [1.82, 2.24) is 9.80 Å². The largest absolute Gasteiger partial charge is 0.506 e. The van der Waals surface area contributed by atoms with Gasteiger partial charge in [-0.25, -0.2) is 0 Å². The minimum Gasteiger partial charge on any atom is -0.506 e. The van der Waals surface area contributed by atoms with Crippen LogP contribution in [0.5, 0.6) is 5.75 Å². The fourth-order valence-electron chi connectivity index (χ4n) is 4.69. The van der Waals surface area contributed by atoms with E-state index in [1.807, 2.05) is 24.3 Å². The third-order valence-corrected chi connectivity index (χ3v) is 6.28. The Bertz CT molecular complexity index is 1000. The van der Waals surface area contributed by atoms with Gasteiger partial charge in [0.15, 0.2) is 0 Å². The number of piperidine rings is 1. The van der Waals surface area contributed by atoms with E-state index < -0.39 is 6.04 Å². The lowest BCUT2D eigenvalue weighted by Gasteiger charge is -2.35. The van der Waals surface area contributed by atoms with Gasteiger partial charge in [-0.05, 0) is 44.1 Å². The lowest BCUT2D eigenvalue weighted by atomic mass is 9.97. The van der Waals surface area contributed by atoms with E-state index in [1.165, 1.54) is 0 Å². The maximum absolute atomic E-state index is 13.3. The van der Waals surface area contributed by atoms with E-state index in [0.29, 0.717) is 44.5 Å². The highest BCUT2D eigenvalue weighted by atomic mass is 16.5. The molecule has 2 saturated heterocycles. The zero-order valence-electron chi connectivity index (χ0n) is 17.8. The highest BCUT2D eigenvalue weighted by Gasteiger charge is 2.39. The second-order valence-corrected chi connectivity index (χ2v) is 8.21. The summed E-state index contributed by atoms with van der Waals surface area (Å²) in [5, 5.41) is 12.2. The summed E-state index contributed by atoms with van der Waals surface area (Å²) in [6.45, 7) is 3.47. The normalized spacial score (nSPS) is 21.3. The lowest BCUT2D eigenvalue weighted by molar-refractivity contribution is -0.151. The average Bonchev–Trinajstić information content (AvgIpc) is 3.29. The number of ether oxygens (including phenoxy) is 1. The molecule has 1 N–H and O–H groups in total. The first-order valence-corrected chi connectivity index (χ1v) is 11.0. The molecule has 2 fully saturated rings. The molecule has 2 atom stereocenters. The van der Waals surface area contributed by atoms with Crippen LogP contribution in [0.15, 0.2) is 36.4 Å². The molecule has 164 valence electrons. The molecule has 0 spiro atoms. The standard InChI is InChI=1S/C24H28N2O5/c1-2-31-24(30)17-8-5-13-25(15-17)23(29)20-10-6-14-26(20)22(28)19-12-11-16-7-3-4-9-18(16)21(19)27/h3-4,7,9,11-12,17,20,27H,2,5-6,8,10,13-15H2,1H3. The Morgan fingerprint density at radius 1 is 1.06 bits per heavy atom. The second kappa shape index (κ2) is 8.96. The molecule has 0 bridgehead atoms.